The molecule has 3 aliphatic carbocycles. The van der Waals surface area contributed by atoms with Crippen molar-refractivity contribution in [3.05, 3.63) is 66.0 Å². The number of methoxy groups -OCH3 is 2. The van der Waals surface area contributed by atoms with Crippen LogP contribution in [0.5, 0.6) is 11.5 Å². The highest BCUT2D eigenvalue weighted by molar-refractivity contribution is 6.39. The number of esters is 2. The van der Waals surface area contributed by atoms with Gasteiger partial charge < -0.3 is 54.2 Å². The molecule has 8 rings (SSSR count). The zero-order valence-corrected chi connectivity index (χ0v) is 39.1. The second kappa shape index (κ2) is 21.0. The molecule has 0 spiro atoms. The number of anilines is 1. The molecule has 5 unspecified atom stereocenters. The molecule has 0 heterocycles. The third-order valence-electron chi connectivity index (χ3n) is 14.3. The standard InChI is InChI=1S/C52H61NO15/c1-26-20-33-34(21-28-8-5-9-31(28)51(61)67-19-17-66-15-14-63-3)49(60)43-37(59)23-30(25-56)39-40-29(24-55)22-36(58)42-45(40)46(41(33)44(39)43)47(38(26)27(2)57)50(64-4)48(42)53-35-11-6-10-32(35)52(62)68-18-16-65-13-7-12-54/h20,22-23,28,31-32,35,38,53-56,60H,5-19,21,24-25H2,1-4H3. The number of allylic oxidation sites excluding steroid dienone is 1. The Hall–Kier alpha value is -5.49. The normalized spacial score (nSPS) is 20.2. The first kappa shape index (κ1) is 48.9. The van der Waals surface area contributed by atoms with Gasteiger partial charge in [-0.2, -0.15) is 0 Å². The number of hydrogen-bond donors (Lipinski definition) is 5. The number of phenols is 1. The third kappa shape index (κ3) is 8.75. The second-order valence-electron chi connectivity index (χ2n) is 18.3. The number of ketones is 1. The summed E-state index contributed by atoms with van der Waals surface area (Å²) in [4.78, 5) is 70.9. The number of nitrogens with one attached hydrogen (secondary N) is 1. The smallest absolute Gasteiger partial charge is 0.311 e. The van der Waals surface area contributed by atoms with Gasteiger partial charge in [0.1, 0.15) is 30.5 Å². The Morgan fingerprint density at radius 3 is 1.94 bits per heavy atom. The molecule has 68 heavy (non-hydrogen) atoms. The van der Waals surface area contributed by atoms with Gasteiger partial charge in [-0.05, 0) is 109 Å². The summed E-state index contributed by atoms with van der Waals surface area (Å²) in [7, 11) is 3.02. The van der Waals surface area contributed by atoms with Gasteiger partial charge >= 0.3 is 11.9 Å². The van der Waals surface area contributed by atoms with Crippen LogP contribution in [0, 0.1) is 17.8 Å². The summed E-state index contributed by atoms with van der Waals surface area (Å²) in [6.45, 7) is 3.58. The molecule has 2 saturated carbocycles. The van der Waals surface area contributed by atoms with Crippen molar-refractivity contribution in [2.24, 2.45) is 17.8 Å². The molecule has 2 fully saturated rings. The van der Waals surface area contributed by atoms with Gasteiger partial charge in [-0.3, -0.25) is 24.0 Å². The SMILES string of the molecule is COCCOCCOC(=O)C1CCCC1Cc1c(O)c2c(=O)cc(CO)c3c4c(CO)cc(=O)c5c(NC6CCCC6C(=O)OCCOCCCO)c(OC)c6c(c(c1C=C(C)C6C(C)=O)c23)c54. The monoisotopic (exact) mass is 939 g/mol. The number of hydrogen-bond acceptors (Lipinski definition) is 16. The number of ether oxygens (including phenoxy) is 6. The van der Waals surface area contributed by atoms with Crippen molar-refractivity contribution in [3.8, 4) is 11.5 Å². The van der Waals surface area contributed by atoms with Crippen LogP contribution in [0.2, 0.25) is 0 Å². The summed E-state index contributed by atoms with van der Waals surface area (Å²) in [6, 6.07) is 2.06. The van der Waals surface area contributed by atoms with E-state index in [2.05, 4.69) is 5.32 Å². The summed E-state index contributed by atoms with van der Waals surface area (Å²) < 4.78 is 33.7. The minimum absolute atomic E-state index is 0.0151. The van der Waals surface area contributed by atoms with Crippen molar-refractivity contribution in [3.63, 3.8) is 0 Å². The van der Waals surface area contributed by atoms with Crippen LogP contribution in [-0.2, 0) is 57.7 Å². The fourth-order valence-electron chi connectivity index (χ4n) is 11.4. The average Bonchev–Trinajstić information content (AvgIpc) is 3.97. The second-order valence-corrected chi connectivity index (χ2v) is 18.3. The minimum Gasteiger partial charge on any atom is -0.507 e. The number of carbonyl (C=O) groups is 3. The minimum atomic E-state index is -0.979. The highest BCUT2D eigenvalue weighted by Crippen LogP contribution is 2.57. The van der Waals surface area contributed by atoms with Gasteiger partial charge in [-0.25, -0.2) is 0 Å². The van der Waals surface area contributed by atoms with Crippen molar-refractivity contribution in [2.45, 2.75) is 90.4 Å². The number of phenolic OH excluding ortho intramolecular Hbond substituents is 1. The fraction of sp³-hybridized carbons (Fsp3) is 0.519. The highest BCUT2D eigenvalue weighted by atomic mass is 16.6. The number of rotatable bonds is 22. The number of carbonyl (C=O) groups excluding carboxylic acids is 3. The molecule has 16 heteroatoms. The van der Waals surface area contributed by atoms with Gasteiger partial charge in [0.2, 0.25) is 0 Å². The summed E-state index contributed by atoms with van der Waals surface area (Å²) >= 11 is 0. The predicted molar refractivity (Wildman–Crippen MR) is 255 cm³/mol. The predicted octanol–water partition coefficient (Wildman–Crippen LogP) is 5.37. The molecule has 364 valence electrons. The van der Waals surface area contributed by atoms with E-state index in [1.165, 1.54) is 26.2 Å². The highest BCUT2D eigenvalue weighted by Gasteiger charge is 2.41. The summed E-state index contributed by atoms with van der Waals surface area (Å²) in [5.41, 5.74) is 1.48. The molecule has 5 atom stereocenters. The van der Waals surface area contributed by atoms with Crippen molar-refractivity contribution >= 4 is 72.6 Å². The molecule has 0 saturated heterocycles. The van der Waals surface area contributed by atoms with Crippen LogP contribution >= 0.6 is 0 Å². The number of Topliss-reactive ketones (excluding diaryl/α,β-unsaturated/α-hetero) is 1. The maximum atomic E-state index is 14.9. The number of fused-ring (bicyclic) bond motifs is 1. The molecule has 5 aromatic carbocycles. The quantitative estimate of drug-likeness (QED) is 0.0254. The Balaban J connectivity index is 1.37. The zero-order chi connectivity index (χ0) is 48.4. The van der Waals surface area contributed by atoms with Gasteiger partial charge in [0, 0.05) is 48.3 Å². The van der Waals surface area contributed by atoms with Crippen molar-refractivity contribution in [1.82, 2.24) is 0 Å². The van der Waals surface area contributed by atoms with Crippen molar-refractivity contribution in [1.29, 1.82) is 0 Å². The van der Waals surface area contributed by atoms with Gasteiger partial charge in [0.25, 0.3) is 0 Å². The lowest BCUT2D eigenvalue weighted by atomic mass is 9.78. The lowest BCUT2D eigenvalue weighted by molar-refractivity contribution is -0.151. The van der Waals surface area contributed by atoms with Gasteiger partial charge in [-0.1, -0.05) is 24.5 Å². The molecule has 0 radical (unpaired) electrons. The van der Waals surface area contributed by atoms with E-state index < -0.39 is 53.8 Å². The van der Waals surface area contributed by atoms with E-state index in [1.54, 1.807) is 14.0 Å². The lowest BCUT2D eigenvalue weighted by Gasteiger charge is -2.29. The van der Waals surface area contributed by atoms with Crippen molar-refractivity contribution in [2.75, 3.05) is 72.4 Å². The first-order chi connectivity index (χ1) is 32.9. The number of aliphatic hydroxyl groups is 3. The molecule has 0 aliphatic heterocycles. The van der Waals surface area contributed by atoms with E-state index in [0.29, 0.717) is 113 Å². The topological polar surface area (TPSA) is 234 Å². The van der Waals surface area contributed by atoms with Crippen molar-refractivity contribution < 1.29 is 63.2 Å². The number of aliphatic hydroxyl groups excluding tert-OH is 3. The Bertz CT molecular complexity index is 2870. The largest absolute Gasteiger partial charge is 0.507 e. The molecule has 16 nitrogen and oxygen atoms in total. The third-order valence-corrected chi connectivity index (χ3v) is 14.3. The van der Waals surface area contributed by atoms with Crippen LogP contribution < -0.4 is 20.9 Å². The van der Waals surface area contributed by atoms with Crippen LogP contribution in [-0.4, -0.2) is 111 Å². The van der Waals surface area contributed by atoms with E-state index in [-0.39, 0.29) is 96.2 Å². The van der Waals surface area contributed by atoms with E-state index >= 15 is 0 Å². The molecule has 5 aromatic rings. The Labute approximate surface area is 392 Å². The van der Waals surface area contributed by atoms with Crippen LogP contribution in [0.25, 0.3) is 49.2 Å². The van der Waals surface area contributed by atoms with Gasteiger partial charge in [0.15, 0.2) is 10.9 Å². The van der Waals surface area contributed by atoms with Crippen LogP contribution in [0.1, 0.15) is 92.5 Å². The van der Waals surface area contributed by atoms with E-state index in [9.17, 15) is 39.3 Å². The fourth-order valence-corrected chi connectivity index (χ4v) is 11.4. The Kier molecular flexibility index (Phi) is 15.1. The van der Waals surface area contributed by atoms with Crippen LogP contribution in [0.15, 0.2) is 27.3 Å². The molecule has 3 aliphatic rings. The number of aromatic hydroxyl groups is 1. The molecule has 0 amide bonds. The van der Waals surface area contributed by atoms with E-state index in [0.717, 1.165) is 6.42 Å². The summed E-state index contributed by atoms with van der Waals surface area (Å²) in [5, 5.41) is 49.7. The summed E-state index contributed by atoms with van der Waals surface area (Å²) in [6.07, 6.45) is 6.08. The molecule has 5 N–H and O–H groups in total. The molecular weight excluding hydrogens is 879 g/mol. The first-order valence-electron chi connectivity index (χ1n) is 23.6. The van der Waals surface area contributed by atoms with E-state index in [1.807, 2.05) is 6.08 Å². The molecule has 0 aromatic heterocycles. The molecular formula is C52H61NO15. The van der Waals surface area contributed by atoms with Gasteiger partial charge in [0.05, 0.1) is 81.0 Å². The zero-order valence-electron chi connectivity index (χ0n) is 39.1. The lowest BCUT2D eigenvalue weighted by Crippen LogP contribution is -2.32. The van der Waals surface area contributed by atoms with Crippen LogP contribution in [0.4, 0.5) is 5.69 Å². The first-order valence-corrected chi connectivity index (χ1v) is 23.6. The van der Waals surface area contributed by atoms with Crippen LogP contribution in [0.3, 0.4) is 0 Å². The molecule has 0 bridgehead atoms. The van der Waals surface area contributed by atoms with E-state index in [4.69, 9.17) is 33.5 Å². The summed E-state index contributed by atoms with van der Waals surface area (Å²) in [5.74, 6) is -3.62. The maximum Gasteiger partial charge on any atom is 0.311 e. The maximum absolute atomic E-state index is 14.9. The van der Waals surface area contributed by atoms with Gasteiger partial charge in [-0.15, -0.1) is 0 Å². The Morgan fingerprint density at radius 2 is 1.31 bits per heavy atom. The number of benzene rings is 5. The average molecular weight is 940 g/mol. The Morgan fingerprint density at radius 1 is 0.706 bits per heavy atom.